The second kappa shape index (κ2) is 9.54. The van der Waals surface area contributed by atoms with Crippen LogP contribution in [0.2, 0.25) is 5.02 Å². The molecule has 0 atom stereocenters. The molecular formula is C26H22ClNO2S. The zero-order valence-electron chi connectivity index (χ0n) is 17.2. The first-order chi connectivity index (χ1) is 15.1. The van der Waals surface area contributed by atoms with Crippen molar-refractivity contribution in [3.63, 3.8) is 0 Å². The molecule has 3 aromatic carbocycles. The van der Waals surface area contributed by atoms with Crippen molar-refractivity contribution in [1.82, 2.24) is 0 Å². The molecule has 0 bridgehead atoms. The fourth-order valence-corrected chi connectivity index (χ4v) is 4.63. The SMILES string of the molecule is CCCCc1ccc(N2C(=O)C(Sc3ccc(Cl)cc3)=C(c3ccccc3)C2=O)cc1. The fourth-order valence-electron chi connectivity index (χ4n) is 3.51. The maximum atomic E-state index is 13.4. The summed E-state index contributed by atoms with van der Waals surface area (Å²) < 4.78 is 0. The maximum absolute atomic E-state index is 13.4. The number of imide groups is 1. The van der Waals surface area contributed by atoms with Gasteiger partial charge in [-0.15, -0.1) is 0 Å². The summed E-state index contributed by atoms with van der Waals surface area (Å²) in [6, 6.07) is 24.3. The van der Waals surface area contributed by atoms with Crippen LogP contribution in [0.5, 0.6) is 0 Å². The van der Waals surface area contributed by atoms with Crippen LogP contribution in [0.25, 0.3) is 5.57 Å². The van der Waals surface area contributed by atoms with Gasteiger partial charge in [-0.2, -0.15) is 0 Å². The maximum Gasteiger partial charge on any atom is 0.272 e. The van der Waals surface area contributed by atoms with Gasteiger partial charge in [-0.1, -0.05) is 79.2 Å². The first kappa shape index (κ1) is 21.4. The number of carbonyl (C=O) groups is 2. The van der Waals surface area contributed by atoms with E-state index < -0.39 is 0 Å². The van der Waals surface area contributed by atoms with Crippen molar-refractivity contribution >= 4 is 46.4 Å². The van der Waals surface area contributed by atoms with Crippen LogP contribution in [0.4, 0.5) is 5.69 Å². The van der Waals surface area contributed by atoms with Gasteiger partial charge >= 0.3 is 0 Å². The molecule has 0 unspecified atom stereocenters. The summed E-state index contributed by atoms with van der Waals surface area (Å²) in [7, 11) is 0. The molecule has 0 saturated carbocycles. The normalized spacial score (nSPS) is 13.9. The molecule has 1 heterocycles. The molecule has 1 aliphatic rings. The van der Waals surface area contributed by atoms with E-state index in [9.17, 15) is 9.59 Å². The zero-order valence-corrected chi connectivity index (χ0v) is 18.7. The van der Waals surface area contributed by atoms with Crippen LogP contribution in [0.1, 0.15) is 30.9 Å². The highest BCUT2D eigenvalue weighted by molar-refractivity contribution is 8.04. The summed E-state index contributed by atoms with van der Waals surface area (Å²) >= 11 is 7.30. The van der Waals surface area contributed by atoms with Crippen LogP contribution in [0.15, 0.2) is 88.7 Å². The Kier molecular flexibility index (Phi) is 6.59. The van der Waals surface area contributed by atoms with E-state index in [0.29, 0.717) is 21.2 Å². The Morgan fingerprint density at radius 1 is 0.839 bits per heavy atom. The van der Waals surface area contributed by atoms with Crippen molar-refractivity contribution in [2.75, 3.05) is 4.90 Å². The van der Waals surface area contributed by atoms with E-state index in [4.69, 9.17) is 11.6 Å². The fraction of sp³-hybridized carbons (Fsp3) is 0.154. The van der Waals surface area contributed by atoms with Gasteiger partial charge in [-0.25, -0.2) is 4.90 Å². The molecule has 0 spiro atoms. The standard InChI is InChI=1S/C26H22ClNO2S/c1-2-3-7-18-10-14-21(15-11-18)28-25(29)23(19-8-5-4-6-9-19)24(26(28)30)31-22-16-12-20(27)13-17-22/h4-6,8-17H,2-3,7H2,1H3. The third-order valence-electron chi connectivity index (χ3n) is 5.15. The average Bonchev–Trinajstić information content (AvgIpc) is 3.04. The molecule has 0 aliphatic carbocycles. The molecule has 156 valence electrons. The van der Waals surface area contributed by atoms with E-state index >= 15 is 0 Å². The van der Waals surface area contributed by atoms with Crippen LogP contribution < -0.4 is 4.90 Å². The van der Waals surface area contributed by atoms with Gasteiger partial charge in [-0.05, 0) is 60.4 Å². The number of halogens is 1. The number of hydrogen-bond donors (Lipinski definition) is 0. The molecule has 2 amide bonds. The van der Waals surface area contributed by atoms with Crippen LogP contribution in [-0.4, -0.2) is 11.8 Å². The zero-order chi connectivity index (χ0) is 21.8. The van der Waals surface area contributed by atoms with Gasteiger partial charge in [0, 0.05) is 9.92 Å². The van der Waals surface area contributed by atoms with E-state index in [0.717, 1.165) is 29.7 Å². The van der Waals surface area contributed by atoms with E-state index in [-0.39, 0.29) is 11.8 Å². The van der Waals surface area contributed by atoms with Crippen LogP contribution >= 0.6 is 23.4 Å². The summed E-state index contributed by atoms with van der Waals surface area (Å²) in [6.45, 7) is 2.16. The minimum absolute atomic E-state index is 0.297. The van der Waals surface area contributed by atoms with E-state index in [1.54, 1.807) is 12.1 Å². The topological polar surface area (TPSA) is 37.4 Å². The molecule has 0 saturated heterocycles. The Morgan fingerprint density at radius 3 is 2.16 bits per heavy atom. The Bertz CT molecular complexity index is 1120. The lowest BCUT2D eigenvalue weighted by atomic mass is 10.1. The minimum Gasteiger partial charge on any atom is -0.268 e. The highest BCUT2D eigenvalue weighted by Crippen LogP contribution is 2.41. The third kappa shape index (κ3) is 4.60. The van der Waals surface area contributed by atoms with Crippen molar-refractivity contribution in [3.05, 3.63) is 99.9 Å². The van der Waals surface area contributed by atoms with Gasteiger partial charge in [0.25, 0.3) is 11.8 Å². The molecule has 5 heteroatoms. The Morgan fingerprint density at radius 2 is 1.52 bits per heavy atom. The lowest BCUT2D eigenvalue weighted by Crippen LogP contribution is -2.31. The molecule has 0 fully saturated rings. The number of carbonyl (C=O) groups excluding carboxylic acids is 2. The molecule has 0 aromatic heterocycles. The summed E-state index contributed by atoms with van der Waals surface area (Å²) in [5.74, 6) is -0.598. The number of amides is 2. The number of hydrogen-bond acceptors (Lipinski definition) is 3. The number of unbranched alkanes of at least 4 members (excludes halogenated alkanes) is 1. The number of anilines is 1. The van der Waals surface area contributed by atoms with E-state index in [1.165, 1.54) is 22.2 Å². The predicted molar refractivity (Wildman–Crippen MR) is 128 cm³/mol. The molecule has 31 heavy (non-hydrogen) atoms. The number of aryl methyl sites for hydroxylation is 1. The van der Waals surface area contributed by atoms with Crippen molar-refractivity contribution in [3.8, 4) is 0 Å². The summed E-state index contributed by atoms with van der Waals surface area (Å²) in [4.78, 5) is 29.4. The van der Waals surface area contributed by atoms with Gasteiger partial charge in [0.05, 0.1) is 16.2 Å². The first-order valence-electron chi connectivity index (χ1n) is 10.3. The third-order valence-corrected chi connectivity index (χ3v) is 6.49. The second-order valence-corrected chi connectivity index (χ2v) is 8.86. The average molecular weight is 448 g/mol. The monoisotopic (exact) mass is 447 g/mol. The number of rotatable bonds is 7. The van der Waals surface area contributed by atoms with Crippen LogP contribution in [0.3, 0.4) is 0 Å². The molecule has 3 aromatic rings. The smallest absolute Gasteiger partial charge is 0.268 e. The number of benzene rings is 3. The molecular weight excluding hydrogens is 426 g/mol. The van der Waals surface area contributed by atoms with Crippen molar-refractivity contribution in [1.29, 1.82) is 0 Å². The number of thioether (sulfide) groups is 1. The lowest BCUT2D eigenvalue weighted by Gasteiger charge is -2.16. The van der Waals surface area contributed by atoms with Crippen LogP contribution in [-0.2, 0) is 16.0 Å². The van der Waals surface area contributed by atoms with Crippen molar-refractivity contribution in [2.24, 2.45) is 0 Å². The first-order valence-corrected chi connectivity index (χ1v) is 11.5. The molecule has 3 nitrogen and oxygen atoms in total. The van der Waals surface area contributed by atoms with E-state index in [2.05, 4.69) is 6.92 Å². The summed E-state index contributed by atoms with van der Waals surface area (Å²) in [5.41, 5.74) is 2.96. The molecule has 0 radical (unpaired) electrons. The van der Waals surface area contributed by atoms with Crippen molar-refractivity contribution in [2.45, 2.75) is 31.1 Å². The van der Waals surface area contributed by atoms with Crippen molar-refractivity contribution < 1.29 is 9.59 Å². The second-order valence-electron chi connectivity index (χ2n) is 7.34. The highest BCUT2D eigenvalue weighted by Gasteiger charge is 2.40. The number of nitrogens with zero attached hydrogens (tertiary/aromatic N) is 1. The van der Waals surface area contributed by atoms with Crippen LogP contribution in [0, 0.1) is 0 Å². The van der Waals surface area contributed by atoms with Gasteiger partial charge in [-0.3, -0.25) is 9.59 Å². The van der Waals surface area contributed by atoms with Gasteiger partial charge < -0.3 is 0 Å². The Balaban J connectivity index is 1.71. The van der Waals surface area contributed by atoms with Gasteiger partial charge in [0.15, 0.2) is 0 Å². The molecule has 1 aliphatic heterocycles. The largest absolute Gasteiger partial charge is 0.272 e. The molecule has 4 rings (SSSR count). The summed E-state index contributed by atoms with van der Waals surface area (Å²) in [5, 5.41) is 0.625. The van der Waals surface area contributed by atoms with E-state index in [1.807, 2.05) is 66.7 Å². The Labute approximate surface area is 191 Å². The minimum atomic E-state index is -0.301. The summed E-state index contributed by atoms with van der Waals surface area (Å²) in [6.07, 6.45) is 3.23. The van der Waals surface area contributed by atoms with Gasteiger partial charge in [0.1, 0.15) is 0 Å². The lowest BCUT2D eigenvalue weighted by molar-refractivity contribution is -0.119. The Hall–Kier alpha value is -2.82. The molecule has 0 N–H and O–H groups in total. The van der Waals surface area contributed by atoms with Gasteiger partial charge in [0.2, 0.25) is 0 Å². The predicted octanol–water partition coefficient (Wildman–Crippen LogP) is 6.76. The quantitative estimate of drug-likeness (QED) is 0.375. The highest BCUT2D eigenvalue weighted by atomic mass is 35.5.